The molecule has 0 unspecified atom stereocenters. The number of hydrogen-bond donors (Lipinski definition) is 1. The molecule has 0 saturated carbocycles. The lowest BCUT2D eigenvalue weighted by molar-refractivity contribution is -0.267. The molecule has 1 saturated heterocycles. The number of amides is 1. The van der Waals surface area contributed by atoms with Gasteiger partial charge in [-0.05, 0) is 20.8 Å². The van der Waals surface area contributed by atoms with Crippen LogP contribution in [0.4, 0.5) is 0 Å². The number of hydrogen-bond acceptors (Lipinski definition) is 3. The van der Waals surface area contributed by atoms with Crippen molar-refractivity contribution in [2.75, 3.05) is 13.2 Å². The van der Waals surface area contributed by atoms with E-state index in [0.717, 1.165) is 0 Å². The van der Waals surface area contributed by atoms with Gasteiger partial charge < -0.3 is 14.8 Å². The monoisotopic (exact) mass is 173 g/mol. The van der Waals surface area contributed by atoms with Gasteiger partial charge in [0, 0.05) is 0 Å². The highest BCUT2D eigenvalue weighted by Gasteiger charge is 2.35. The van der Waals surface area contributed by atoms with Crippen LogP contribution in [0.3, 0.4) is 0 Å². The van der Waals surface area contributed by atoms with Crippen molar-refractivity contribution < 1.29 is 14.3 Å². The highest BCUT2D eigenvalue weighted by atomic mass is 16.7. The van der Waals surface area contributed by atoms with Gasteiger partial charge in [-0.2, -0.15) is 0 Å². The van der Waals surface area contributed by atoms with E-state index in [9.17, 15) is 4.79 Å². The predicted octanol–water partition coefficient (Wildman–Crippen LogP) is 0.274. The van der Waals surface area contributed by atoms with Crippen LogP contribution in [0.1, 0.15) is 20.8 Å². The molecule has 0 aromatic rings. The van der Waals surface area contributed by atoms with Gasteiger partial charge in [-0.1, -0.05) is 0 Å². The zero-order valence-electron chi connectivity index (χ0n) is 7.72. The Balaban J connectivity index is 2.49. The van der Waals surface area contributed by atoms with Crippen LogP contribution in [0.15, 0.2) is 0 Å². The Hall–Kier alpha value is -0.610. The van der Waals surface area contributed by atoms with Gasteiger partial charge in [0.15, 0.2) is 5.79 Å². The molecule has 1 rings (SSSR count). The maximum absolute atomic E-state index is 10.2. The summed E-state index contributed by atoms with van der Waals surface area (Å²) in [7, 11) is 0. The van der Waals surface area contributed by atoms with Crippen molar-refractivity contribution in [3.05, 3.63) is 0 Å². The van der Waals surface area contributed by atoms with Gasteiger partial charge in [0.1, 0.15) is 0 Å². The van der Waals surface area contributed by atoms with E-state index in [2.05, 4.69) is 5.32 Å². The van der Waals surface area contributed by atoms with E-state index in [1.165, 1.54) is 0 Å². The summed E-state index contributed by atoms with van der Waals surface area (Å²) in [6.45, 7) is 6.56. The topological polar surface area (TPSA) is 47.6 Å². The molecule has 1 aliphatic rings. The first-order valence-electron chi connectivity index (χ1n) is 3.97. The molecule has 0 aliphatic carbocycles. The van der Waals surface area contributed by atoms with Crippen molar-refractivity contribution in [2.24, 2.45) is 0 Å². The molecule has 1 heterocycles. The zero-order valence-corrected chi connectivity index (χ0v) is 7.72. The third-order valence-electron chi connectivity index (χ3n) is 1.88. The molecule has 0 aromatic carbocycles. The van der Waals surface area contributed by atoms with Gasteiger partial charge >= 0.3 is 0 Å². The summed E-state index contributed by atoms with van der Waals surface area (Å²) in [4.78, 5) is 10.2. The molecule has 0 aromatic heterocycles. The highest BCUT2D eigenvalue weighted by molar-refractivity contribution is 5.47. The first kappa shape index (κ1) is 9.48. The van der Waals surface area contributed by atoms with Gasteiger partial charge in [-0.25, -0.2) is 0 Å². The van der Waals surface area contributed by atoms with Crippen LogP contribution in [0.5, 0.6) is 0 Å². The molecule has 0 atom stereocenters. The Kier molecular flexibility index (Phi) is 2.39. The lowest BCUT2D eigenvalue weighted by atomic mass is 10.0. The minimum absolute atomic E-state index is 0.378. The van der Waals surface area contributed by atoms with Crippen molar-refractivity contribution >= 4 is 6.41 Å². The number of carbonyl (C=O) groups excluding carboxylic acids is 1. The van der Waals surface area contributed by atoms with Gasteiger partial charge in [0.25, 0.3) is 0 Å². The van der Waals surface area contributed by atoms with Crippen LogP contribution < -0.4 is 5.32 Å². The average Bonchev–Trinajstić information content (AvgIpc) is 1.98. The third kappa shape index (κ3) is 2.19. The van der Waals surface area contributed by atoms with Gasteiger partial charge in [0.2, 0.25) is 6.41 Å². The molecule has 1 aliphatic heterocycles. The SMILES string of the molecule is CC1(NC=O)COC(C)(C)OC1. The number of ether oxygens (including phenoxy) is 2. The molecular formula is C8H15NO3. The van der Waals surface area contributed by atoms with Crippen LogP contribution in [0.25, 0.3) is 0 Å². The van der Waals surface area contributed by atoms with E-state index in [1.54, 1.807) is 0 Å². The first-order chi connectivity index (χ1) is 5.47. The molecule has 4 heteroatoms. The Labute approximate surface area is 72.2 Å². The van der Waals surface area contributed by atoms with Crippen molar-refractivity contribution in [2.45, 2.75) is 32.1 Å². The third-order valence-corrected chi connectivity index (χ3v) is 1.88. The maximum Gasteiger partial charge on any atom is 0.207 e. The van der Waals surface area contributed by atoms with E-state index in [1.807, 2.05) is 20.8 Å². The maximum atomic E-state index is 10.2. The van der Waals surface area contributed by atoms with Crippen LogP contribution in [-0.4, -0.2) is 30.9 Å². The van der Waals surface area contributed by atoms with Crippen LogP contribution >= 0.6 is 0 Å². The van der Waals surface area contributed by atoms with Crippen molar-refractivity contribution in [3.63, 3.8) is 0 Å². The standard InChI is InChI=1S/C8H15NO3/c1-7(2)11-4-8(3,5-12-7)9-6-10/h6H,4-5H2,1-3H3,(H,9,10). The molecule has 1 fully saturated rings. The Morgan fingerprint density at radius 3 is 2.17 bits per heavy atom. The first-order valence-corrected chi connectivity index (χ1v) is 3.97. The van der Waals surface area contributed by atoms with Crippen LogP contribution in [0.2, 0.25) is 0 Å². The summed E-state index contributed by atoms with van der Waals surface area (Å²) in [6, 6.07) is 0. The van der Waals surface area contributed by atoms with E-state index in [0.29, 0.717) is 19.6 Å². The second-order valence-electron chi connectivity index (χ2n) is 3.80. The predicted molar refractivity (Wildman–Crippen MR) is 43.6 cm³/mol. The van der Waals surface area contributed by atoms with E-state index in [4.69, 9.17) is 9.47 Å². The lowest BCUT2D eigenvalue weighted by Crippen LogP contribution is -2.57. The molecule has 4 nitrogen and oxygen atoms in total. The molecule has 0 spiro atoms. The van der Waals surface area contributed by atoms with E-state index < -0.39 is 5.79 Å². The quantitative estimate of drug-likeness (QED) is 0.610. The minimum Gasteiger partial charge on any atom is -0.349 e. The summed E-state index contributed by atoms with van der Waals surface area (Å²) in [6.07, 6.45) is 0.672. The number of rotatable bonds is 2. The Morgan fingerprint density at radius 1 is 1.25 bits per heavy atom. The van der Waals surface area contributed by atoms with Gasteiger partial charge in [0.05, 0.1) is 18.8 Å². The van der Waals surface area contributed by atoms with Crippen LogP contribution in [0, 0.1) is 0 Å². The fourth-order valence-electron chi connectivity index (χ4n) is 0.975. The number of carbonyl (C=O) groups is 1. The van der Waals surface area contributed by atoms with E-state index >= 15 is 0 Å². The summed E-state index contributed by atoms with van der Waals surface area (Å²) in [5, 5.41) is 2.67. The largest absolute Gasteiger partial charge is 0.349 e. The minimum atomic E-state index is -0.524. The fourth-order valence-corrected chi connectivity index (χ4v) is 0.975. The summed E-state index contributed by atoms with van der Waals surface area (Å²) >= 11 is 0. The highest BCUT2D eigenvalue weighted by Crippen LogP contribution is 2.22. The van der Waals surface area contributed by atoms with Crippen molar-refractivity contribution in [3.8, 4) is 0 Å². The molecule has 70 valence electrons. The molecule has 1 N–H and O–H groups in total. The van der Waals surface area contributed by atoms with Crippen molar-refractivity contribution in [1.82, 2.24) is 5.32 Å². The van der Waals surface area contributed by atoms with Gasteiger partial charge in [-0.3, -0.25) is 4.79 Å². The average molecular weight is 173 g/mol. The molecule has 1 amide bonds. The Morgan fingerprint density at radius 2 is 1.75 bits per heavy atom. The van der Waals surface area contributed by atoms with Crippen LogP contribution in [-0.2, 0) is 14.3 Å². The normalized spacial score (nSPS) is 26.2. The second kappa shape index (κ2) is 3.03. The summed E-state index contributed by atoms with van der Waals surface area (Å²) in [5.74, 6) is -0.524. The summed E-state index contributed by atoms with van der Waals surface area (Å²) < 4.78 is 10.8. The molecule has 0 bridgehead atoms. The smallest absolute Gasteiger partial charge is 0.207 e. The lowest BCUT2D eigenvalue weighted by Gasteiger charge is -2.40. The summed E-state index contributed by atoms with van der Waals surface area (Å²) in [5.41, 5.74) is -0.378. The molecular weight excluding hydrogens is 158 g/mol. The number of nitrogens with one attached hydrogen (secondary N) is 1. The van der Waals surface area contributed by atoms with E-state index in [-0.39, 0.29) is 5.54 Å². The second-order valence-corrected chi connectivity index (χ2v) is 3.80. The fraction of sp³-hybridized carbons (Fsp3) is 0.875. The van der Waals surface area contributed by atoms with Gasteiger partial charge in [-0.15, -0.1) is 0 Å². The zero-order chi connectivity index (χ0) is 9.24. The van der Waals surface area contributed by atoms with Crippen molar-refractivity contribution in [1.29, 1.82) is 0 Å². The Bertz CT molecular complexity index is 169. The molecule has 12 heavy (non-hydrogen) atoms. The molecule has 0 radical (unpaired) electrons.